The molecule has 2 rings (SSSR count). The molecule has 4 heteroatoms. The van der Waals surface area contributed by atoms with Gasteiger partial charge in [0.15, 0.2) is 0 Å². The minimum Gasteiger partial charge on any atom is -0.491 e. The van der Waals surface area contributed by atoms with Gasteiger partial charge >= 0.3 is 5.97 Å². The van der Waals surface area contributed by atoms with Crippen LogP contribution in [0.25, 0.3) is 5.57 Å². The molecule has 1 fully saturated rings. The number of aliphatic carboxylic acids is 1. The van der Waals surface area contributed by atoms with Gasteiger partial charge in [0, 0.05) is 6.04 Å². The Hall–Kier alpha value is -2.77. The van der Waals surface area contributed by atoms with Gasteiger partial charge in [0.25, 0.3) is 0 Å². The van der Waals surface area contributed by atoms with Gasteiger partial charge in [-0.1, -0.05) is 50.8 Å². The standard InChI is InChI=1S/C29H43NO3.C2H2/c1-20(2)33-23(5)22(4)27(29(6,7)16-9-17-30(8)26-14-15-26)18-21(3)25-12-10-24(11-13-25)19-28(31)32;1-2/h10-13,18,20,26H,5,9,14-17,19H2,1-4,6-8H3,(H,31,32);1-2H/b21-18+,27-22+;. The van der Waals surface area contributed by atoms with Crippen LogP contribution in [0, 0.1) is 18.3 Å². The zero-order chi connectivity index (χ0) is 26.8. The number of nitrogens with zero attached hydrogens (tertiary/aromatic N) is 1. The van der Waals surface area contributed by atoms with Crippen molar-refractivity contribution in [2.24, 2.45) is 5.41 Å². The number of carbonyl (C=O) groups is 1. The zero-order valence-corrected chi connectivity index (χ0v) is 22.9. The van der Waals surface area contributed by atoms with Gasteiger partial charge in [-0.2, -0.15) is 0 Å². The van der Waals surface area contributed by atoms with E-state index in [1.807, 2.05) is 38.1 Å². The fourth-order valence-corrected chi connectivity index (χ4v) is 4.30. The van der Waals surface area contributed by atoms with Crippen LogP contribution in [0.4, 0.5) is 0 Å². The Morgan fingerprint density at radius 1 is 1.23 bits per heavy atom. The Morgan fingerprint density at radius 3 is 2.29 bits per heavy atom. The third kappa shape index (κ3) is 10.2. The summed E-state index contributed by atoms with van der Waals surface area (Å²) < 4.78 is 5.97. The van der Waals surface area contributed by atoms with E-state index in [4.69, 9.17) is 9.84 Å². The van der Waals surface area contributed by atoms with Gasteiger partial charge < -0.3 is 14.7 Å². The molecule has 0 atom stereocenters. The number of benzene rings is 1. The minimum absolute atomic E-state index is 0.0394. The van der Waals surface area contributed by atoms with Crippen LogP contribution in [0.15, 0.2) is 53.8 Å². The van der Waals surface area contributed by atoms with Crippen LogP contribution >= 0.6 is 0 Å². The van der Waals surface area contributed by atoms with E-state index < -0.39 is 5.97 Å². The highest BCUT2D eigenvalue weighted by Crippen LogP contribution is 2.39. The van der Waals surface area contributed by atoms with Gasteiger partial charge in [0.1, 0.15) is 5.76 Å². The third-order valence-corrected chi connectivity index (χ3v) is 6.54. The van der Waals surface area contributed by atoms with Crippen LogP contribution in [0.3, 0.4) is 0 Å². The maximum atomic E-state index is 11.0. The average molecular weight is 480 g/mol. The van der Waals surface area contributed by atoms with Crippen molar-refractivity contribution in [2.45, 2.75) is 85.8 Å². The SMILES string of the molecule is C#C.C=C(OC(C)C)/C(C)=C(\C=C(/C)c1ccc(CC(=O)O)cc1)C(C)(C)CCCN(C)C1CC1. The Labute approximate surface area is 213 Å². The zero-order valence-electron chi connectivity index (χ0n) is 22.9. The molecule has 192 valence electrons. The van der Waals surface area contributed by atoms with Crippen LogP contribution in [0.5, 0.6) is 0 Å². The van der Waals surface area contributed by atoms with Gasteiger partial charge in [-0.3, -0.25) is 4.79 Å². The summed E-state index contributed by atoms with van der Waals surface area (Å²) in [5, 5.41) is 9.03. The van der Waals surface area contributed by atoms with E-state index in [1.165, 1.54) is 18.4 Å². The van der Waals surface area contributed by atoms with Crippen LogP contribution in [-0.4, -0.2) is 41.7 Å². The number of ether oxygens (including phenoxy) is 1. The Balaban J connectivity index is 0.00000298. The fourth-order valence-electron chi connectivity index (χ4n) is 4.30. The highest BCUT2D eigenvalue weighted by molar-refractivity contribution is 5.71. The second-order valence-electron chi connectivity index (χ2n) is 10.4. The van der Waals surface area contributed by atoms with Crippen LogP contribution in [-0.2, 0) is 16.0 Å². The molecule has 1 aliphatic rings. The van der Waals surface area contributed by atoms with E-state index in [1.54, 1.807) is 0 Å². The molecule has 0 spiro atoms. The van der Waals surface area contributed by atoms with E-state index in [0.717, 1.165) is 53.5 Å². The van der Waals surface area contributed by atoms with Crippen LogP contribution in [0.2, 0.25) is 0 Å². The fraction of sp³-hybridized carbons (Fsp3) is 0.516. The molecule has 0 amide bonds. The van der Waals surface area contributed by atoms with Crippen molar-refractivity contribution in [1.29, 1.82) is 0 Å². The minimum atomic E-state index is -0.811. The molecule has 0 bridgehead atoms. The number of carboxylic acid groups (broad SMARTS) is 1. The lowest BCUT2D eigenvalue weighted by Crippen LogP contribution is -2.24. The Morgan fingerprint density at radius 2 is 1.80 bits per heavy atom. The van der Waals surface area contributed by atoms with E-state index in [-0.39, 0.29) is 17.9 Å². The summed E-state index contributed by atoms with van der Waals surface area (Å²) in [6.45, 7) is 18.2. The summed E-state index contributed by atoms with van der Waals surface area (Å²) in [6, 6.07) is 8.60. The monoisotopic (exact) mass is 479 g/mol. The van der Waals surface area contributed by atoms with Crippen molar-refractivity contribution in [3.8, 4) is 12.8 Å². The molecule has 1 aromatic carbocycles. The summed E-state index contributed by atoms with van der Waals surface area (Å²) in [5.41, 5.74) is 5.34. The first-order chi connectivity index (χ1) is 16.4. The van der Waals surface area contributed by atoms with Crippen LogP contribution in [0.1, 0.15) is 78.4 Å². The van der Waals surface area contributed by atoms with Crippen LogP contribution < -0.4 is 0 Å². The first-order valence-electron chi connectivity index (χ1n) is 12.5. The summed E-state index contributed by atoms with van der Waals surface area (Å²) in [6.07, 6.45) is 15.3. The number of carboxylic acids is 1. The molecule has 1 aromatic rings. The first-order valence-corrected chi connectivity index (χ1v) is 12.5. The number of allylic oxidation sites excluding steroid dienone is 4. The average Bonchev–Trinajstić information content (AvgIpc) is 3.63. The molecule has 1 saturated carbocycles. The smallest absolute Gasteiger partial charge is 0.307 e. The highest BCUT2D eigenvalue weighted by atomic mass is 16.5. The molecule has 0 radical (unpaired) electrons. The third-order valence-electron chi connectivity index (χ3n) is 6.54. The topological polar surface area (TPSA) is 49.8 Å². The number of terminal acetylenes is 1. The summed E-state index contributed by atoms with van der Waals surface area (Å²) in [7, 11) is 2.24. The normalized spacial score (nSPS) is 14.8. The number of rotatable bonds is 13. The molecular formula is C31H45NO3. The van der Waals surface area contributed by atoms with Crippen molar-refractivity contribution >= 4 is 11.5 Å². The van der Waals surface area contributed by atoms with E-state index in [0.29, 0.717) is 0 Å². The molecule has 0 heterocycles. The van der Waals surface area contributed by atoms with Gasteiger partial charge in [0.05, 0.1) is 12.5 Å². The maximum Gasteiger partial charge on any atom is 0.307 e. The molecule has 0 aromatic heterocycles. The first kappa shape index (κ1) is 30.3. The highest BCUT2D eigenvalue weighted by Gasteiger charge is 2.28. The van der Waals surface area contributed by atoms with Gasteiger partial charge in [-0.15, -0.1) is 12.8 Å². The second kappa shape index (κ2) is 14.0. The molecule has 0 unspecified atom stereocenters. The van der Waals surface area contributed by atoms with Gasteiger partial charge in [-0.05, 0) is 100 Å². The predicted octanol–water partition coefficient (Wildman–Crippen LogP) is 7.12. The number of hydrogen-bond donors (Lipinski definition) is 1. The largest absolute Gasteiger partial charge is 0.491 e. The quantitative estimate of drug-likeness (QED) is 0.186. The Bertz CT molecular complexity index is 928. The molecule has 0 aliphatic heterocycles. The molecule has 35 heavy (non-hydrogen) atoms. The lowest BCUT2D eigenvalue weighted by Gasteiger charge is -2.31. The van der Waals surface area contributed by atoms with Crippen molar-refractivity contribution in [3.05, 3.63) is 65.0 Å². The summed E-state index contributed by atoms with van der Waals surface area (Å²) in [5.74, 6) is -0.0855. The summed E-state index contributed by atoms with van der Waals surface area (Å²) >= 11 is 0. The van der Waals surface area contributed by atoms with E-state index >= 15 is 0 Å². The van der Waals surface area contributed by atoms with E-state index in [2.05, 4.69) is 65.1 Å². The van der Waals surface area contributed by atoms with Gasteiger partial charge in [0.2, 0.25) is 0 Å². The maximum absolute atomic E-state index is 11.0. The predicted molar refractivity (Wildman–Crippen MR) is 148 cm³/mol. The second-order valence-corrected chi connectivity index (χ2v) is 10.4. The van der Waals surface area contributed by atoms with Crippen molar-refractivity contribution < 1.29 is 14.6 Å². The van der Waals surface area contributed by atoms with Gasteiger partial charge in [-0.25, -0.2) is 0 Å². The van der Waals surface area contributed by atoms with Crippen molar-refractivity contribution in [2.75, 3.05) is 13.6 Å². The Kier molecular flexibility index (Phi) is 12.1. The molecule has 1 N–H and O–H groups in total. The number of hydrogen-bond acceptors (Lipinski definition) is 3. The molecule has 0 saturated heterocycles. The molecule has 4 nitrogen and oxygen atoms in total. The van der Waals surface area contributed by atoms with Crippen molar-refractivity contribution in [1.82, 2.24) is 4.90 Å². The molecule has 1 aliphatic carbocycles. The molecular weight excluding hydrogens is 434 g/mol. The lowest BCUT2D eigenvalue weighted by molar-refractivity contribution is -0.136. The summed E-state index contributed by atoms with van der Waals surface area (Å²) in [4.78, 5) is 13.5. The van der Waals surface area contributed by atoms with E-state index in [9.17, 15) is 4.79 Å². The van der Waals surface area contributed by atoms with Crippen molar-refractivity contribution in [3.63, 3.8) is 0 Å². The lowest BCUT2D eigenvalue weighted by atomic mass is 9.76.